The first-order valence-corrected chi connectivity index (χ1v) is 17.6. The van der Waals surface area contributed by atoms with Crippen LogP contribution in [0.15, 0.2) is 78.9 Å². The quantitative estimate of drug-likeness (QED) is 0.220. The lowest BCUT2D eigenvalue weighted by molar-refractivity contribution is -0.140. The van der Waals surface area contributed by atoms with Crippen molar-refractivity contribution in [3.8, 4) is 0 Å². The maximum Gasteiger partial charge on any atom is 0.251 e. The normalized spacial score (nSPS) is 17.1. The van der Waals surface area contributed by atoms with Gasteiger partial charge in [0.05, 0.1) is 30.1 Å². The van der Waals surface area contributed by atoms with Crippen molar-refractivity contribution < 1.29 is 27.9 Å². The van der Waals surface area contributed by atoms with Crippen molar-refractivity contribution in [3.05, 3.63) is 101 Å². The van der Waals surface area contributed by atoms with Gasteiger partial charge < -0.3 is 26.0 Å². The predicted octanol–water partition coefficient (Wildman–Crippen LogP) is 2.73. The molecule has 0 unspecified atom stereocenters. The smallest absolute Gasteiger partial charge is 0.251 e. The number of piperazine rings is 1. The Labute approximate surface area is 277 Å². The highest BCUT2D eigenvalue weighted by Crippen LogP contribution is 2.23. The zero-order chi connectivity index (χ0) is 34.3. The average Bonchev–Trinajstić information content (AvgIpc) is 3.04. The van der Waals surface area contributed by atoms with E-state index >= 15 is 0 Å². The molecule has 1 aliphatic rings. The maximum absolute atomic E-state index is 13.9. The number of amides is 3. The fraction of sp³-hybridized carbons (Fsp3) is 0.400. The second-order valence-electron chi connectivity index (χ2n) is 12.5. The van der Waals surface area contributed by atoms with E-state index in [4.69, 9.17) is 0 Å². The first-order valence-electron chi connectivity index (χ1n) is 15.7. The molecule has 0 aliphatic carbocycles. The minimum absolute atomic E-state index is 0.0186. The van der Waals surface area contributed by atoms with Gasteiger partial charge >= 0.3 is 0 Å². The zero-order valence-electron chi connectivity index (χ0n) is 27.5. The van der Waals surface area contributed by atoms with Crippen LogP contribution in [0.25, 0.3) is 0 Å². The van der Waals surface area contributed by atoms with Crippen LogP contribution in [0.2, 0.25) is 0 Å². The first kappa shape index (κ1) is 35.6. The molecule has 3 aromatic rings. The van der Waals surface area contributed by atoms with Crippen molar-refractivity contribution in [2.45, 2.75) is 51.4 Å². The van der Waals surface area contributed by atoms with Gasteiger partial charge in [0.25, 0.3) is 11.8 Å². The van der Waals surface area contributed by atoms with Gasteiger partial charge in [0.1, 0.15) is 6.04 Å². The Morgan fingerprint density at radius 1 is 0.957 bits per heavy atom. The van der Waals surface area contributed by atoms with E-state index in [9.17, 15) is 27.9 Å². The Kier molecular flexibility index (Phi) is 11.8. The summed E-state index contributed by atoms with van der Waals surface area (Å²) in [5.74, 6) is -1.13. The number of sulfonamides is 1. The fourth-order valence-electron chi connectivity index (χ4n) is 5.60. The van der Waals surface area contributed by atoms with Gasteiger partial charge in [0.2, 0.25) is 15.9 Å². The lowest BCUT2D eigenvalue weighted by Gasteiger charge is -2.38. The second kappa shape index (κ2) is 15.6. The van der Waals surface area contributed by atoms with Crippen LogP contribution in [-0.4, -0.2) is 87.3 Å². The third-order valence-electron chi connectivity index (χ3n) is 8.23. The molecule has 0 saturated carbocycles. The minimum Gasteiger partial charge on any atom is -0.389 e. The summed E-state index contributed by atoms with van der Waals surface area (Å²) in [7, 11) is -2.40. The zero-order valence-corrected chi connectivity index (χ0v) is 28.3. The number of aliphatic hydroxyl groups excluding tert-OH is 1. The summed E-state index contributed by atoms with van der Waals surface area (Å²) in [4.78, 5) is 42.5. The van der Waals surface area contributed by atoms with E-state index in [0.717, 1.165) is 21.7 Å². The first-order chi connectivity index (χ1) is 22.2. The fourth-order valence-corrected chi connectivity index (χ4v) is 6.09. The van der Waals surface area contributed by atoms with Gasteiger partial charge in [-0.3, -0.25) is 18.7 Å². The van der Waals surface area contributed by atoms with Crippen molar-refractivity contribution in [2.24, 2.45) is 5.92 Å². The second-order valence-corrected chi connectivity index (χ2v) is 14.5. The number of benzene rings is 3. The molecule has 3 amide bonds. The summed E-state index contributed by atoms with van der Waals surface area (Å²) >= 11 is 0. The molecule has 47 heavy (non-hydrogen) atoms. The van der Waals surface area contributed by atoms with E-state index < -0.39 is 40.0 Å². The highest BCUT2D eigenvalue weighted by Gasteiger charge is 2.38. The summed E-state index contributed by atoms with van der Waals surface area (Å²) < 4.78 is 25.9. The number of nitrogens with one attached hydrogen (secondary N) is 3. The number of aliphatic hydroxyl groups is 1. The van der Waals surface area contributed by atoms with E-state index in [2.05, 4.69) is 16.0 Å². The molecule has 1 heterocycles. The van der Waals surface area contributed by atoms with Crippen LogP contribution >= 0.6 is 0 Å². The molecule has 4 N–H and O–H groups in total. The van der Waals surface area contributed by atoms with Crippen molar-refractivity contribution in [1.82, 2.24) is 20.9 Å². The average molecular weight is 664 g/mol. The molecule has 4 atom stereocenters. The molecule has 11 nitrogen and oxygen atoms in total. The molecule has 3 aromatic carbocycles. The molecule has 1 fully saturated rings. The Morgan fingerprint density at radius 2 is 1.53 bits per heavy atom. The van der Waals surface area contributed by atoms with Gasteiger partial charge in [-0.15, -0.1) is 0 Å². The topological polar surface area (TPSA) is 148 Å². The molecule has 12 heteroatoms. The minimum atomic E-state index is -3.74. The molecule has 252 valence electrons. The molecular weight excluding hydrogens is 618 g/mol. The van der Waals surface area contributed by atoms with E-state index in [-0.39, 0.29) is 41.1 Å². The summed E-state index contributed by atoms with van der Waals surface area (Å²) in [5.41, 5.74) is 1.93. The number of carbonyl (C=O) groups excluding carboxylic acids is 3. The molecule has 0 radical (unpaired) electrons. The molecule has 1 saturated heterocycles. The van der Waals surface area contributed by atoms with Crippen LogP contribution in [0, 0.1) is 5.92 Å². The van der Waals surface area contributed by atoms with Gasteiger partial charge in [-0.1, -0.05) is 74.5 Å². The van der Waals surface area contributed by atoms with Gasteiger partial charge in [0.15, 0.2) is 0 Å². The largest absolute Gasteiger partial charge is 0.389 e. The maximum atomic E-state index is 13.9. The summed E-state index contributed by atoms with van der Waals surface area (Å²) in [6.07, 6.45) is -0.0493. The molecule has 0 aromatic heterocycles. The van der Waals surface area contributed by atoms with Crippen LogP contribution in [0.3, 0.4) is 0 Å². The number of rotatable bonds is 13. The predicted molar refractivity (Wildman–Crippen MR) is 183 cm³/mol. The Morgan fingerprint density at radius 3 is 2.11 bits per heavy atom. The Bertz CT molecular complexity index is 1650. The van der Waals surface area contributed by atoms with E-state index in [1.54, 1.807) is 4.90 Å². The standard InChI is InChI=1S/C35H45N5O6S/c1-23(2)22-40-17-16-36-31(35(40)44)32(41)30(18-25-12-8-6-9-13-25)38-34(43)28-19-27(20-29(21-28)39(4)47(5,45)46)33(42)37-24(3)26-14-10-7-11-15-26/h6-15,19-21,23-24,30-32,36,41H,16-18,22H2,1-5H3,(H,37,42)(H,38,43)/t24-,30+,31+,32+/m1/s1. The van der Waals surface area contributed by atoms with Crippen LogP contribution < -0.4 is 20.3 Å². The summed E-state index contributed by atoms with van der Waals surface area (Å²) in [6, 6.07) is 20.6. The summed E-state index contributed by atoms with van der Waals surface area (Å²) in [5, 5.41) is 20.6. The number of nitrogens with zero attached hydrogens (tertiary/aromatic N) is 2. The molecular formula is C35H45N5O6S. The molecule has 0 bridgehead atoms. The molecule has 1 aliphatic heterocycles. The lowest BCUT2D eigenvalue weighted by atomic mass is 9.93. The Hall–Kier alpha value is -4.26. The van der Waals surface area contributed by atoms with E-state index in [1.165, 1.54) is 25.2 Å². The number of carbonyl (C=O) groups is 3. The van der Waals surface area contributed by atoms with Crippen molar-refractivity contribution in [2.75, 3.05) is 37.2 Å². The van der Waals surface area contributed by atoms with Crippen LogP contribution in [0.1, 0.15) is 58.7 Å². The third-order valence-corrected chi connectivity index (χ3v) is 9.43. The van der Waals surface area contributed by atoms with Crippen LogP contribution in [0.5, 0.6) is 0 Å². The number of hydrogen-bond acceptors (Lipinski definition) is 7. The van der Waals surface area contributed by atoms with Crippen molar-refractivity contribution >= 4 is 33.4 Å². The monoisotopic (exact) mass is 663 g/mol. The van der Waals surface area contributed by atoms with Crippen LogP contribution in [0.4, 0.5) is 5.69 Å². The highest BCUT2D eigenvalue weighted by molar-refractivity contribution is 7.92. The molecule has 0 spiro atoms. The SMILES string of the molecule is CC(C)CN1CCN[C@@H]([C@@H](O)[C@H](Cc2ccccc2)NC(=O)c2cc(C(=O)N[C@H](C)c3ccccc3)cc(N(C)S(C)(=O)=O)c2)C1=O. The molecule has 4 rings (SSSR count). The lowest BCUT2D eigenvalue weighted by Crippen LogP contribution is -2.64. The number of hydrogen-bond donors (Lipinski definition) is 4. The van der Waals surface area contributed by atoms with Crippen LogP contribution in [-0.2, 0) is 21.2 Å². The van der Waals surface area contributed by atoms with E-state index in [1.807, 2.05) is 81.4 Å². The van der Waals surface area contributed by atoms with E-state index in [0.29, 0.717) is 19.6 Å². The van der Waals surface area contributed by atoms with Gasteiger partial charge in [-0.05, 0) is 48.6 Å². The van der Waals surface area contributed by atoms with Gasteiger partial charge in [-0.2, -0.15) is 0 Å². The Balaban J connectivity index is 1.66. The highest BCUT2D eigenvalue weighted by atomic mass is 32.2. The van der Waals surface area contributed by atoms with Crippen molar-refractivity contribution in [3.63, 3.8) is 0 Å². The summed E-state index contributed by atoms with van der Waals surface area (Å²) in [6.45, 7) is 7.42. The van der Waals surface area contributed by atoms with Gasteiger partial charge in [0, 0.05) is 37.8 Å². The van der Waals surface area contributed by atoms with Gasteiger partial charge in [-0.25, -0.2) is 8.42 Å². The third kappa shape index (κ3) is 9.40. The number of anilines is 1. The van der Waals surface area contributed by atoms with Crippen molar-refractivity contribution in [1.29, 1.82) is 0 Å².